The van der Waals surface area contributed by atoms with Gasteiger partial charge in [-0.1, -0.05) is 60.7 Å². The molecule has 0 amide bonds. The fourth-order valence-corrected chi connectivity index (χ4v) is 11.8. The molecule has 5 rings (SSSR count). The molecule has 0 N–H and O–H groups in total. The van der Waals surface area contributed by atoms with Crippen LogP contribution in [0.15, 0.2) is 152 Å². The zero-order valence-electron chi connectivity index (χ0n) is 18.7. The molecule has 0 saturated carbocycles. The van der Waals surface area contributed by atoms with Gasteiger partial charge in [-0.25, -0.2) is 0 Å². The second kappa shape index (κ2) is 12.4. The van der Waals surface area contributed by atoms with Crippen LogP contribution in [0, 0.1) is 0 Å². The molecule has 2 heteroatoms. The predicted molar refractivity (Wildman–Crippen MR) is 147 cm³/mol. The molecule has 33 heavy (non-hydrogen) atoms. The third kappa shape index (κ3) is 6.56. The standard InChI is InChI=1S/C13H13Si.3C6H5.Sn/c14-13(11-7-3-1-4-8-11)12-9-5-2-6-10-12;3*1-2-4-6-5-3-1;/h1-10,13H,14H2;3*1-5H;. The van der Waals surface area contributed by atoms with E-state index in [0.29, 0.717) is 5.54 Å². The maximum atomic E-state index is 2.29. The first-order chi connectivity index (χ1) is 16.3. The van der Waals surface area contributed by atoms with Crippen LogP contribution in [0.3, 0.4) is 0 Å². The van der Waals surface area contributed by atoms with Crippen molar-refractivity contribution in [2.24, 2.45) is 0 Å². The van der Waals surface area contributed by atoms with Crippen molar-refractivity contribution in [2.45, 2.75) is 5.54 Å². The topological polar surface area (TPSA) is 0 Å². The van der Waals surface area contributed by atoms with Gasteiger partial charge in [-0.15, -0.1) is 0 Å². The third-order valence-corrected chi connectivity index (χ3v) is 14.3. The molecule has 0 saturated heterocycles. The van der Waals surface area contributed by atoms with Crippen molar-refractivity contribution < 1.29 is 0 Å². The molecule has 0 nitrogen and oxygen atoms in total. The first-order valence-corrected chi connectivity index (χ1v) is 16.4. The van der Waals surface area contributed by atoms with E-state index in [4.69, 9.17) is 0 Å². The van der Waals surface area contributed by atoms with Crippen LogP contribution in [0.2, 0.25) is 0 Å². The summed E-state index contributed by atoms with van der Waals surface area (Å²) in [6, 6.07) is 54.2. The summed E-state index contributed by atoms with van der Waals surface area (Å²) in [6.45, 7) is 0. The summed E-state index contributed by atoms with van der Waals surface area (Å²) in [7, 11) is 2.03. The van der Waals surface area contributed by atoms with Crippen molar-refractivity contribution in [1.82, 2.24) is 0 Å². The molecular formula is C31H28SiSn. The van der Waals surface area contributed by atoms with Crippen LogP contribution in [0.1, 0.15) is 16.7 Å². The molecule has 0 aromatic heterocycles. The molecule has 0 atom stereocenters. The number of hydrogen-bond donors (Lipinski definition) is 0. The predicted octanol–water partition coefficient (Wildman–Crippen LogP) is 4.61. The van der Waals surface area contributed by atoms with E-state index in [-0.39, 0.29) is 0 Å². The Labute approximate surface area is 208 Å². The summed E-state index contributed by atoms with van der Waals surface area (Å²) < 4.78 is 4.59. The molecule has 0 heterocycles. The van der Waals surface area contributed by atoms with Crippen molar-refractivity contribution in [3.63, 3.8) is 0 Å². The van der Waals surface area contributed by atoms with E-state index in [1.54, 1.807) is 0 Å². The van der Waals surface area contributed by atoms with Crippen LogP contribution in [-0.4, -0.2) is 30.0 Å². The summed E-state index contributed by atoms with van der Waals surface area (Å²) >= 11 is -1.98. The van der Waals surface area contributed by atoms with Crippen molar-refractivity contribution in [2.75, 3.05) is 0 Å². The molecule has 160 valence electrons. The van der Waals surface area contributed by atoms with Gasteiger partial charge in [0.25, 0.3) is 0 Å². The molecule has 0 fully saturated rings. The normalized spacial score (nSPS) is 10.5. The van der Waals surface area contributed by atoms with Gasteiger partial charge in [-0.2, -0.15) is 0 Å². The molecule has 5 aromatic carbocycles. The average molecular weight is 547 g/mol. The first-order valence-electron chi connectivity index (χ1n) is 11.3. The molecule has 5 aromatic rings. The Balaban J connectivity index is 0.000000165. The van der Waals surface area contributed by atoms with Crippen molar-refractivity contribution in [3.05, 3.63) is 163 Å². The van der Waals surface area contributed by atoms with Crippen molar-refractivity contribution in [1.29, 1.82) is 0 Å². The van der Waals surface area contributed by atoms with Crippen LogP contribution in [0.5, 0.6) is 0 Å². The van der Waals surface area contributed by atoms with Gasteiger partial charge in [0.1, 0.15) is 0 Å². The van der Waals surface area contributed by atoms with E-state index in [2.05, 4.69) is 152 Å². The summed E-state index contributed by atoms with van der Waals surface area (Å²) in [5, 5.41) is 0. The second-order valence-electron chi connectivity index (χ2n) is 7.85. The maximum absolute atomic E-state index is 2.29. The van der Waals surface area contributed by atoms with Gasteiger partial charge in [0.05, 0.1) is 0 Å². The Morgan fingerprint density at radius 1 is 0.364 bits per heavy atom. The quantitative estimate of drug-likeness (QED) is 0.282. The zero-order valence-corrected chi connectivity index (χ0v) is 23.0. The van der Waals surface area contributed by atoms with Crippen LogP contribution in [-0.2, 0) is 0 Å². The van der Waals surface area contributed by atoms with Crippen LogP contribution < -0.4 is 10.7 Å². The number of hydrogen-bond acceptors (Lipinski definition) is 0. The molecule has 0 aliphatic carbocycles. The fraction of sp³-hybridized carbons (Fsp3) is 0.0323. The van der Waals surface area contributed by atoms with Gasteiger partial charge in [-0.05, 0) is 16.7 Å². The van der Waals surface area contributed by atoms with E-state index in [0.717, 1.165) is 0 Å². The van der Waals surface area contributed by atoms with Crippen molar-refractivity contribution >= 4 is 40.7 Å². The van der Waals surface area contributed by atoms with Gasteiger partial charge >= 0.3 is 121 Å². The zero-order chi connectivity index (χ0) is 22.7. The van der Waals surface area contributed by atoms with E-state index in [1.165, 1.54) is 21.9 Å². The van der Waals surface area contributed by atoms with Gasteiger partial charge in [0.2, 0.25) is 0 Å². The van der Waals surface area contributed by atoms with Crippen LogP contribution in [0.25, 0.3) is 0 Å². The van der Waals surface area contributed by atoms with E-state index < -0.39 is 19.8 Å². The molecule has 0 unspecified atom stereocenters. The van der Waals surface area contributed by atoms with Gasteiger partial charge in [-0.3, -0.25) is 0 Å². The van der Waals surface area contributed by atoms with Crippen molar-refractivity contribution in [3.8, 4) is 0 Å². The van der Waals surface area contributed by atoms with E-state index >= 15 is 0 Å². The van der Waals surface area contributed by atoms with E-state index in [9.17, 15) is 0 Å². The van der Waals surface area contributed by atoms with Gasteiger partial charge in [0, 0.05) is 10.2 Å². The molecule has 2 radical (unpaired) electrons. The van der Waals surface area contributed by atoms with Gasteiger partial charge in [0.15, 0.2) is 0 Å². The molecule has 0 aliphatic rings. The Hall–Kier alpha value is -2.88. The van der Waals surface area contributed by atoms with Crippen LogP contribution >= 0.6 is 0 Å². The molecular weight excluding hydrogens is 519 g/mol. The second-order valence-corrected chi connectivity index (χ2v) is 15.7. The Bertz CT molecular complexity index is 1060. The number of rotatable bonds is 5. The monoisotopic (exact) mass is 548 g/mol. The minimum absolute atomic E-state index is 0.511. The summed E-state index contributed by atoms with van der Waals surface area (Å²) in [5.74, 6) is 0. The van der Waals surface area contributed by atoms with Gasteiger partial charge < -0.3 is 0 Å². The minimum atomic E-state index is -1.98. The third-order valence-electron chi connectivity index (χ3n) is 5.59. The Morgan fingerprint density at radius 2 is 0.606 bits per heavy atom. The van der Waals surface area contributed by atoms with Crippen LogP contribution in [0.4, 0.5) is 0 Å². The summed E-state index contributed by atoms with van der Waals surface area (Å²) in [4.78, 5) is 0. The first kappa shape index (κ1) is 23.3. The molecule has 0 aliphatic heterocycles. The summed E-state index contributed by atoms with van der Waals surface area (Å²) in [6.07, 6.45) is 0. The molecule has 0 bridgehead atoms. The van der Waals surface area contributed by atoms with E-state index in [1.807, 2.05) is 10.2 Å². The average Bonchev–Trinajstić information content (AvgIpc) is 2.92. The summed E-state index contributed by atoms with van der Waals surface area (Å²) in [5.41, 5.74) is 3.28. The molecule has 0 spiro atoms. The fourth-order valence-electron chi connectivity index (χ4n) is 3.88. The SMILES string of the molecule is [SiH2]C(c1ccccc1)c1ccccc1.c1cc[c]([Sn]([c]2ccccc2)[c]2ccccc2)cc1. The Kier molecular flexibility index (Phi) is 8.73. The Morgan fingerprint density at radius 3 is 0.879 bits per heavy atom. The number of benzene rings is 5.